The zero-order valence-corrected chi connectivity index (χ0v) is 13.3. The van der Waals surface area contributed by atoms with Gasteiger partial charge < -0.3 is 10.0 Å². The quantitative estimate of drug-likeness (QED) is 0.576. The van der Waals surface area contributed by atoms with Gasteiger partial charge in [-0.1, -0.05) is 12.8 Å². The molecule has 1 rings (SSSR count). The third-order valence-corrected chi connectivity index (χ3v) is 4.34. The van der Waals surface area contributed by atoms with Gasteiger partial charge in [0.1, 0.15) is 0 Å². The first kappa shape index (κ1) is 17.2. The molecule has 0 bridgehead atoms. The number of hydrogen-bond acceptors (Lipinski definition) is 4. The van der Waals surface area contributed by atoms with Crippen LogP contribution in [0.15, 0.2) is 0 Å². The van der Waals surface area contributed by atoms with Crippen LogP contribution in [-0.4, -0.2) is 49.5 Å². The summed E-state index contributed by atoms with van der Waals surface area (Å²) in [5, 5.41) is 9.14. The predicted octanol–water partition coefficient (Wildman–Crippen LogP) is 2.30. The van der Waals surface area contributed by atoms with Crippen LogP contribution in [0.5, 0.6) is 0 Å². The molecule has 1 atom stereocenters. The van der Waals surface area contributed by atoms with Gasteiger partial charge in [-0.3, -0.25) is 4.18 Å². The van der Waals surface area contributed by atoms with Gasteiger partial charge in [-0.2, -0.15) is 8.42 Å². The summed E-state index contributed by atoms with van der Waals surface area (Å²) in [6.45, 7) is 4.75. The van der Waals surface area contributed by atoms with Crippen molar-refractivity contribution in [2.45, 2.75) is 51.5 Å². The summed E-state index contributed by atoms with van der Waals surface area (Å²) in [6, 6.07) is 0. The molecule has 7 heteroatoms. The molecule has 1 amide bonds. The fourth-order valence-corrected chi connectivity index (χ4v) is 3.26. The lowest BCUT2D eigenvalue weighted by Gasteiger charge is -2.28. The van der Waals surface area contributed by atoms with Gasteiger partial charge in [0.25, 0.3) is 10.1 Å². The van der Waals surface area contributed by atoms with Crippen molar-refractivity contribution in [3.8, 4) is 0 Å². The number of hydrogen-bond donors (Lipinski definition) is 1. The molecule has 0 aromatic carbocycles. The first-order valence-electron chi connectivity index (χ1n) is 6.97. The van der Waals surface area contributed by atoms with E-state index in [9.17, 15) is 13.2 Å². The van der Waals surface area contributed by atoms with Crippen LogP contribution in [0.1, 0.15) is 46.0 Å². The van der Waals surface area contributed by atoms with Crippen molar-refractivity contribution in [1.82, 2.24) is 4.90 Å². The molecule has 1 saturated heterocycles. The molecule has 0 aromatic heterocycles. The molecule has 1 unspecified atom stereocenters. The van der Waals surface area contributed by atoms with Crippen LogP contribution >= 0.6 is 0 Å². The molecule has 1 aliphatic heterocycles. The van der Waals surface area contributed by atoms with Gasteiger partial charge in [0.15, 0.2) is 0 Å². The second kappa shape index (κ2) is 6.76. The standard InChI is InChI=1S/C13H25NO5S/c1-13(2)9-11(10-14(13)12(15)16)7-5-4-6-8-19-20(3,17)18/h11H,4-10H2,1-3H3,(H,15,16). The second-order valence-electron chi connectivity index (χ2n) is 6.15. The third kappa shape index (κ3) is 5.66. The molecule has 6 nitrogen and oxygen atoms in total. The maximum atomic E-state index is 11.1. The fraction of sp³-hybridized carbons (Fsp3) is 0.923. The Hall–Kier alpha value is -0.820. The topological polar surface area (TPSA) is 83.9 Å². The summed E-state index contributed by atoms with van der Waals surface area (Å²) in [4.78, 5) is 12.6. The van der Waals surface area contributed by atoms with Gasteiger partial charge in [0.2, 0.25) is 0 Å². The number of unbranched alkanes of at least 4 members (excludes halogenated alkanes) is 2. The lowest BCUT2D eigenvalue weighted by atomic mass is 9.93. The molecule has 20 heavy (non-hydrogen) atoms. The predicted molar refractivity (Wildman–Crippen MR) is 76.2 cm³/mol. The maximum absolute atomic E-state index is 11.1. The van der Waals surface area contributed by atoms with E-state index in [2.05, 4.69) is 4.18 Å². The Morgan fingerprint density at radius 1 is 1.35 bits per heavy atom. The van der Waals surface area contributed by atoms with Crippen LogP contribution in [0.25, 0.3) is 0 Å². The molecular weight excluding hydrogens is 282 g/mol. The Kier molecular flexibility index (Phi) is 5.82. The molecule has 0 saturated carbocycles. The van der Waals surface area contributed by atoms with Crippen molar-refractivity contribution in [3.05, 3.63) is 0 Å². The number of rotatable bonds is 7. The Balaban J connectivity index is 2.20. The average molecular weight is 307 g/mol. The Morgan fingerprint density at radius 3 is 2.50 bits per heavy atom. The summed E-state index contributed by atoms with van der Waals surface area (Å²) >= 11 is 0. The van der Waals surface area contributed by atoms with Crippen LogP contribution in [0.2, 0.25) is 0 Å². The highest BCUT2D eigenvalue weighted by molar-refractivity contribution is 7.85. The van der Waals surface area contributed by atoms with Crippen molar-refractivity contribution in [1.29, 1.82) is 0 Å². The zero-order valence-electron chi connectivity index (χ0n) is 12.5. The highest BCUT2D eigenvalue weighted by atomic mass is 32.2. The van der Waals surface area contributed by atoms with E-state index < -0.39 is 16.2 Å². The van der Waals surface area contributed by atoms with Gasteiger partial charge >= 0.3 is 6.09 Å². The highest BCUT2D eigenvalue weighted by Gasteiger charge is 2.40. The molecule has 0 aromatic rings. The average Bonchev–Trinajstić information content (AvgIpc) is 2.57. The van der Waals surface area contributed by atoms with Gasteiger partial charge in [-0.15, -0.1) is 0 Å². The van der Waals surface area contributed by atoms with Crippen molar-refractivity contribution < 1.29 is 22.5 Å². The van der Waals surface area contributed by atoms with E-state index in [0.29, 0.717) is 18.9 Å². The lowest BCUT2D eigenvalue weighted by Crippen LogP contribution is -2.41. The van der Waals surface area contributed by atoms with Gasteiger partial charge in [-0.05, 0) is 39.0 Å². The van der Waals surface area contributed by atoms with Crippen LogP contribution in [0.3, 0.4) is 0 Å². The van der Waals surface area contributed by atoms with E-state index >= 15 is 0 Å². The minimum atomic E-state index is -3.33. The van der Waals surface area contributed by atoms with E-state index in [-0.39, 0.29) is 12.1 Å². The van der Waals surface area contributed by atoms with E-state index in [1.165, 1.54) is 4.90 Å². The lowest BCUT2D eigenvalue weighted by molar-refractivity contribution is 0.117. The largest absolute Gasteiger partial charge is 0.465 e. The van der Waals surface area contributed by atoms with Crippen LogP contribution in [0.4, 0.5) is 4.79 Å². The van der Waals surface area contributed by atoms with Gasteiger partial charge in [-0.25, -0.2) is 4.79 Å². The number of carbonyl (C=O) groups is 1. The van der Waals surface area contributed by atoms with E-state index in [1.807, 2.05) is 13.8 Å². The van der Waals surface area contributed by atoms with E-state index in [0.717, 1.165) is 31.9 Å². The van der Waals surface area contributed by atoms with Gasteiger partial charge in [0, 0.05) is 12.1 Å². The smallest absolute Gasteiger partial charge is 0.407 e. The summed E-state index contributed by atoms with van der Waals surface area (Å²) in [5.41, 5.74) is -0.282. The number of amides is 1. The molecule has 0 radical (unpaired) electrons. The summed E-state index contributed by atoms with van der Waals surface area (Å²) in [5.74, 6) is 0.400. The Labute approximate surface area is 121 Å². The van der Waals surface area contributed by atoms with E-state index in [4.69, 9.17) is 5.11 Å². The Bertz CT molecular complexity index is 432. The number of nitrogens with zero attached hydrogens (tertiary/aromatic N) is 1. The molecule has 1 aliphatic rings. The monoisotopic (exact) mass is 307 g/mol. The SMILES string of the molecule is CC1(C)CC(CCCCCOS(C)(=O)=O)CN1C(=O)O. The summed E-state index contributed by atoms with van der Waals surface area (Å²) in [6.07, 6.45) is 4.66. The van der Waals surface area contributed by atoms with Crippen molar-refractivity contribution in [3.63, 3.8) is 0 Å². The molecule has 0 aliphatic carbocycles. The van der Waals surface area contributed by atoms with Crippen molar-refractivity contribution >= 4 is 16.2 Å². The molecule has 1 heterocycles. The minimum absolute atomic E-state index is 0.232. The highest BCUT2D eigenvalue weighted by Crippen LogP contribution is 2.35. The number of carboxylic acid groups (broad SMARTS) is 1. The normalized spacial score (nSPS) is 22.1. The van der Waals surface area contributed by atoms with Crippen molar-refractivity contribution in [2.24, 2.45) is 5.92 Å². The third-order valence-electron chi connectivity index (χ3n) is 3.74. The summed E-state index contributed by atoms with van der Waals surface area (Å²) in [7, 11) is -3.33. The fourth-order valence-electron chi connectivity index (χ4n) is 2.84. The van der Waals surface area contributed by atoms with Crippen LogP contribution in [0, 0.1) is 5.92 Å². The zero-order chi connectivity index (χ0) is 15.4. The van der Waals surface area contributed by atoms with E-state index in [1.54, 1.807) is 0 Å². The number of likely N-dealkylation sites (tertiary alicyclic amines) is 1. The van der Waals surface area contributed by atoms with Crippen LogP contribution in [-0.2, 0) is 14.3 Å². The first-order chi connectivity index (χ1) is 9.12. The molecule has 1 N–H and O–H groups in total. The van der Waals surface area contributed by atoms with Crippen LogP contribution < -0.4 is 0 Å². The minimum Gasteiger partial charge on any atom is -0.465 e. The summed E-state index contributed by atoms with van der Waals surface area (Å²) < 4.78 is 26.2. The molecule has 0 spiro atoms. The molecule has 1 fully saturated rings. The van der Waals surface area contributed by atoms with Crippen molar-refractivity contribution in [2.75, 3.05) is 19.4 Å². The maximum Gasteiger partial charge on any atom is 0.407 e. The van der Waals surface area contributed by atoms with Gasteiger partial charge in [0.05, 0.1) is 12.9 Å². The molecule has 118 valence electrons. The second-order valence-corrected chi connectivity index (χ2v) is 7.80. The first-order valence-corrected chi connectivity index (χ1v) is 8.78. The molecular formula is C13H25NO5S. The Morgan fingerprint density at radius 2 is 2.00 bits per heavy atom.